The molecular weight excluding hydrogens is 498 g/mol. The number of nitrogens with two attached hydrogens (primary N) is 2. The number of benzene rings is 2. The molecule has 0 aliphatic carbocycles. The normalized spacial score (nSPS) is 11.9. The van der Waals surface area contributed by atoms with E-state index in [4.69, 9.17) is 21.7 Å². The number of carbonyl (C=O) groups is 2. The SMILES string of the molecule is NC(Cc1ccccc1)C(=O)O.NC(Cc1ccccc1)C(=O)O.[Os]. The van der Waals surface area contributed by atoms with Crippen LogP contribution in [0.3, 0.4) is 0 Å². The van der Waals surface area contributed by atoms with Gasteiger partial charge in [-0.05, 0) is 24.0 Å². The first kappa shape index (κ1) is 22.9. The zero-order valence-electron chi connectivity index (χ0n) is 13.6. The molecule has 7 heteroatoms. The van der Waals surface area contributed by atoms with Gasteiger partial charge in [-0.3, -0.25) is 9.59 Å². The number of aliphatic carboxylic acids is 2. The molecule has 0 aliphatic rings. The van der Waals surface area contributed by atoms with E-state index >= 15 is 0 Å². The van der Waals surface area contributed by atoms with Crippen LogP contribution in [0, 0.1) is 0 Å². The average Bonchev–Trinajstić information content (AvgIpc) is 2.57. The summed E-state index contributed by atoms with van der Waals surface area (Å²) >= 11 is 0. The quantitative estimate of drug-likeness (QED) is 0.455. The van der Waals surface area contributed by atoms with Crippen LogP contribution in [0.15, 0.2) is 60.7 Å². The molecule has 6 N–H and O–H groups in total. The fourth-order valence-electron chi connectivity index (χ4n) is 1.91. The predicted molar refractivity (Wildman–Crippen MR) is 91.5 cm³/mol. The Morgan fingerprint density at radius 3 is 1.24 bits per heavy atom. The maximum atomic E-state index is 10.4. The van der Waals surface area contributed by atoms with Gasteiger partial charge in [-0.1, -0.05) is 60.7 Å². The minimum absolute atomic E-state index is 0. The molecule has 2 rings (SSSR count). The van der Waals surface area contributed by atoms with Gasteiger partial charge in [-0.15, -0.1) is 0 Å². The minimum atomic E-state index is -0.959. The first-order valence-electron chi connectivity index (χ1n) is 7.44. The second-order valence-electron chi connectivity index (χ2n) is 5.27. The van der Waals surface area contributed by atoms with E-state index in [1.165, 1.54) is 0 Å². The Morgan fingerprint density at radius 1 is 0.720 bits per heavy atom. The summed E-state index contributed by atoms with van der Waals surface area (Å²) in [6.07, 6.45) is 0.770. The summed E-state index contributed by atoms with van der Waals surface area (Å²) in [7, 11) is 0. The fourth-order valence-corrected chi connectivity index (χ4v) is 1.91. The van der Waals surface area contributed by atoms with Gasteiger partial charge in [-0.25, -0.2) is 0 Å². The zero-order chi connectivity index (χ0) is 17.9. The van der Waals surface area contributed by atoms with Crippen molar-refractivity contribution in [1.82, 2.24) is 0 Å². The van der Waals surface area contributed by atoms with Crippen molar-refractivity contribution in [2.45, 2.75) is 24.9 Å². The molecule has 6 nitrogen and oxygen atoms in total. The van der Waals surface area contributed by atoms with Crippen molar-refractivity contribution in [3.63, 3.8) is 0 Å². The third-order valence-electron chi connectivity index (χ3n) is 3.23. The molecule has 0 saturated carbocycles. The Hall–Kier alpha value is -2.06. The van der Waals surface area contributed by atoms with Crippen molar-refractivity contribution in [3.05, 3.63) is 71.8 Å². The Morgan fingerprint density at radius 2 is 1.00 bits per heavy atom. The second kappa shape index (κ2) is 12.3. The van der Waals surface area contributed by atoms with Gasteiger partial charge in [-0.2, -0.15) is 0 Å². The van der Waals surface area contributed by atoms with Crippen LogP contribution in [0.25, 0.3) is 0 Å². The van der Waals surface area contributed by atoms with Crippen LogP contribution in [0.5, 0.6) is 0 Å². The van der Waals surface area contributed by atoms with E-state index in [9.17, 15) is 9.59 Å². The molecule has 2 aromatic carbocycles. The van der Waals surface area contributed by atoms with Gasteiger partial charge < -0.3 is 21.7 Å². The van der Waals surface area contributed by atoms with E-state index in [1.807, 2.05) is 60.7 Å². The van der Waals surface area contributed by atoms with Crippen molar-refractivity contribution in [3.8, 4) is 0 Å². The Bertz CT molecular complexity index is 581. The van der Waals surface area contributed by atoms with Gasteiger partial charge in [0, 0.05) is 19.8 Å². The van der Waals surface area contributed by atoms with Gasteiger partial charge in [0.05, 0.1) is 0 Å². The Labute approximate surface area is 159 Å². The predicted octanol–water partition coefficient (Wildman–Crippen LogP) is 1.28. The first-order chi connectivity index (χ1) is 11.4. The van der Waals surface area contributed by atoms with Crippen LogP contribution in [0.2, 0.25) is 0 Å². The van der Waals surface area contributed by atoms with Gasteiger partial charge in [0.25, 0.3) is 0 Å². The summed E-state index contributed by atoms with van der Waals surface area (Å²) in [4.78, 5) is 20.8. The van der Waals surface area contributed by atoms with Crippen LogP contribution < -0.4 is 11.5 Å². The molecule has 136 valence electrons. The smallest absolute Gasteiger partial charge is 0.320 e. The molecule has 0 saturated heterocycles. The molecule has 2 aromatic rings. The monoisotopic (exact) mass is 522 g/mol. The van der Waals surface area contributed by atoms with Crippen LogP contribution in [-0.2, 0) is 42.2 Å². The van der Waals surface area contributed by atoms with Crippen molar-refractivity contribution < 1.29 is 39.6 Å². The van der Waals surface area contributed by atoms with Crippen LogP contribution in [-0.4, -0.2) is 34.2 Å². The minimum Gasteiger partial charge on any atom is -0.480 e. The molecule has 0 amide bonds. The summed E-state index contributed by atoms with van der Waals surface area (Å²) < 4.78 is 0. The zero-order valence-corrected chi connectivity index (χ0v) is 16.1. The Balaban J connectivity index is 0.000000443. The summed E-state index contributed by atoms with van der Waals surface area (Å²) in [6.45, 7) is 0. The maximum absolute atomic E-state index is 10.4. The summed E-state index contributed by atoms with van der Waals surface area (Å²) in [5.41, 5.74) is 12.6. The number of hydrogen-bond acceptors (Lipinski definition) is 4. The molecule has 2 atom stereocenters. The number of rotatable bonds is 6. The van der Waals surface area contributed by atoms with Gasteiger partial charge in [0.1, 0.15) is 12.1 Å². The Kier molecular flexibility index (Phi) is 11.3. The van der Waals surface area contributed by atoms with Crippen LogP contribution in [0.4, 0.5) is 0 Å². The third kappa shape index (κ3) is 9.73. The number of hydrogen-bond donors (Lipinski definition) is 4. The molecule has 0 aliphatic heterocycles. The standard InChI is InChI=1S/2C9H11NO2.Os/c2*10-8(9(11)12)6-7-4-2-1-3-5-7;/h2*1-5,8H,6,10H2,(H,11,12);. The molecule has 0 heterocycles. The number of carboxylic acids is 2. The van der Waals surface area contributed by atoms with E-state index < -0.39 is 24.0 Å². The van der Waals surface area contributed by atoms with Crippen molar-refractivity contribution in [2.24, 2.45) is 11.5 Å². The van der Waals surface area contributed by atoms with E-state index in [0.717, 1.165) is 11.1 Å². The topological polar surface area (TPSA) is 127 Å². The summed E-state index contributed by atoms with van der Waals surface area (Å²) in [5.74, 6) is -1.92. The van der Waals surface area contributed by atoms with Crippen LogP contribution >= 0.6 is 0 Å². The summed E-state index contributed by atoms with van der Waals surface area (Å²) in [6, 6.07) is 17.1. The number of carboxylic acid groups (broad SMARTS) is 2. The largest absolute Gasteiger partial charge is 0.480 e. The van der Waals surface area contributed by atoms with Crippen molar-refractivity contribution in [2.75, 3.05) is 0 Å². The van der Waals surface area contributed by atoms with Crippen LogP contribution in [0.1, 0.15) is 11.1 Å². The fraction of sp³-hybridized carbons (Fsp3) is 0.222. The third-order valence-corrected chi connectivity index (χ3v) is 3.23. The molecule has 0 fully saturated rings. The molecule has 0 radical (unpaired) electrons. The molecule has 2 unspecified atom stereocenters. The van der Waals surface area contributed by atoms with Crippen molar-refractivity contribution in [1.29, 1.82) is 0 Å². The van der Waals surface area contributed by atoms with Gasteiger partial charge >= 0.3 is 11.9 Å². The van der Waals surface area contributed by atoms with Crippen molar-refractivity contribution >= 4 is 11.9 Å². The second-order valence-corrected chi connectivity index (χ2v) is 5.27. The van der Waals surface area contributed by atoms with E-state index in [0.29, 0.717) is 12.8 Å². The molecule has 0 spiro atoms. The van der Waals surface area contributed by atoms with E-state index in [1.54, 1.807) is 0 Å². The average molecular weight is 521 g/mol. The molecule has 0 bridgehead atoms. The molecular formula is C18H22N2O4Os. The van der Waals surface area contributed by atoms with E-state index in [2.05, 4.69) is 0 Å². The molecule has 25 heavy (non-hydrogen) atoms. The molecule has 0 aromatic heterocycles. The van der Waals surface area contributed by atoms with Gasteiger partial charge in [0.2, 0.25) is 0 Å². The van der Waals surface area contributed by atoms with Gasteiger partial charge in [0.15, 0.2) is 0 Å². The van der Waals surface area contributed by atoms with E-state index in [-0.39, 0.29) is 19.8 Å². The first-order valence-corrected chi connectivity index (χ1v) is 7.44. The summed E-state index contributed by atoms with van der Waals surface area (Å²) in [5, 5.41) is 17.0. The maximum Gasteiger partial charge on any atom is 0.320 e.